The van der Waals surface area contributed by atoms with E-state index < -0.39 is 17.7 Å². The van der Waals surface area contributed by atoms with Gasteiger partial charge in [-0.1, -0.05) is 18.2 Å². The van der Waals surface area contributed by atoms with Crippen LogP contribution in [0.3, 0.4) is 0 Å². The lowest BCUT2D eigenvalue weighted by molar-refractivity contribution is -0.140. The smallest absolute Gasteiger partial charge is 0.295 e. The summed E-state index contributed by atoms with van der Waals surface area (Å²) in [5.41, 5.74) is 2.75. The molecule has 2 heterocycles. The van der Waals surface area contributed by atoms with Gasteiger partial charge >= 0.3 is 0 Å². The Morgan fingerprint density at radius 1 is 1.11 bits per heavy atom. The average Bonchev–Trinajstić information content (AvgIpc) is 3.10. The van der Waals surface area contributed by atoms with E-state index in [1.54, 1.807) is 62.0 Å². The number of Topliss-reactive ketones (excluding diaryl/α,β-unsaturated/α-hetero) is 1. The predicted molar refractivity (Wildman–Crippen MR) is 132 cm³/mol. The van der Waals surface area contributed by atoms with Crippen LogP contribution in [0.1, 0.15) is 42.1 Å². The van der Waals surface area contributed by atoms with E-state index >= 15 is 0 Å². The lowest BCUT2D eigenvalue weighted by atomic mass is 9.95. The van der Waals surface area contributed by atoms with Crippen LogP contribution >= 0.6 is 0 Å². The molecule has 2 aromatic carbocycles. The van der Waals surface area contributed by atoms with E-state index in [4.69, 9.17) is 9.47 Å². The molecule has 0 saturated carbocycles. The summed E-state index contributed by atoms with van der Waals surface area (Å²) in [6.07, 6.45) is 3.23. The third kappa shape index (κ3) is 4.89. The zero-order valence-electron chi connectivity index (χ0n) is 20.2. The van der Waals surface area contributed by atoms with Gasteiger partial charge in [0.25, 0.3) is 11.7 Å². The third-order valence-electron chi connectivity index (χ3n) is 5.86. The van der Waals surface area contributed by atoms with Gasteiger partial charge in [0.05, 0.1) is 24.8 Å². The highest BCUT2D eigenvalue weighted by Gasteiger charge is 2.46. The van der Waals surface area contributed by atoms with Crippen LogP contribution in [0, 0.1) is 6.92 Å². The topological polar surface area (TPSA) is 89.0 Å². The SMILES string of the molecule is COc1ccc(CN2C(=O)C(=O)/C(=C(\O)c3ccc(OC(C)C)c(C)c3)C2c2cccnc2)cc1. The van der Waals surface area contributed by atoms with Crippen molar-refractivity contribution in [3.05, 3.63) is 94.8 Å². The Morgan fingerprint density at radius 3 is 2.46 bits per heavy atom. The van der Waals surface area contributed by atoms with Crippen molar-refractivity contribution in [1.29, 1.82) is 0 Å². The van der Waals surface area contributed by atoms with Crippen molar-refractivity contribution in [2.24, 2.45) is 0 Å². The zero-order valence-corrected chi connectivity index (χ0v) is 20.2. The molecule has 1 aliphatic rings. The number of rotatable bonds is 7. The highest BCUT2D eigenvalue weighted by molar-refractivity contribution is 6.46. The number of ketones is 1. The van der Waals surface area contributed by atoms with Gasteiger partial charge in [0.15, 0.2) is 0 Å². The van der Waals surface area contributed by atoms with Gasteiger partial charge < -0.3 is 19.5 Å². The second-order valence-corrected chi connectivity index (χ2v) is 8.71. The number of likely N-dealkylation sites (tertiary alicyclic amines) is 1. The molecule has 0 aliphatic carbocycles. The predicted octanol–water partition coefficient (Wildman–Crippen LogP) is 4.81. The van der Waals surface area contributed by atoms with E-state index in [9.17, 15) is 14.7 Å². The van der Waals surface area contributed by atoms with E-state index in [0.717, 1.165) is 11.1 Å². The van der Waals surface area contributed by atoms with E-state index in [1.165, 1.54) is 4.90 Å². The van der Waals surface area contributed by atoms with Crippen LogP contribution < -0.4 is 9.47 Å². The average molecular weight is 473 g/mol. The van der Waals surface area contributed by atoms with Gasteiger partial charge in [0.2, 0.25) is 0 Å². The lowest BCUT2D eigenvalue weighted by Crippen LogP contribution is -2.29. The molecule has 0 spiro atoms. The second kappa shape index (κ2) is 10.0. The molecule has 1 amide bonds. The van der Waals surface area contributed by atoms with Crippen LogP contribution in [0.5, 0.6) is 11.5 Å². The fraction of sp³-hybridized carbons (Fsp3) is 0.250. The highest BCUT2D eigenvalue weighted by atomic mass is 16.5. The van der Waals surface area contributed by atoms with Gasteiger partial charge in [-0.25, -0.2) is 0 Å². The fourth-order valence-corrected chi connectivity index (χ4v) is 4.19. The Bertz CT molecular complexity index is 1270. The molecular weight excluding hydrogens is 444 g/mol. The van der Waals surface area contributed by atoms with Gasteiger partial charge in [-0.15, -0.1) is 0 Å². The molecule has 1 unspecified atom stereocenters. The molecule has 4 rings (SSSR count). The molecule has 1 atom stereocenters. The van der Waals surface area contributed by atoms with Crippen LogP contribution in [-0.2, 0) is 16.1 Å². The summed E-state index contributed by atoms with van der Waals surface area (Å²) in [5.74, 6) is -0.244. The van der Waals surface area contributed by atoms with Crippen molar-refractivity contribution < 1.29 is 24.2 Å². The number of ether oxygens (including phenoxy) is 2. The highest BCUT2D eigenvalue weighted by Crippen LogP contribution is 2.40. The van der Waals surface area contributed by atoms with Crippen molar-refractivity contribution in [3.63, 3.8) is 0 Å². The quantitative estimate of drug-likeness (QED) is 0.302. The molecule has 7 nitrogen and oxygen atoms in total. The summed E-state index contributed by atoms with van der Waals surface area (Å²) in [6.45, 7) is 5.93. The number of pyridine rings is 1. The maximum Gasteiger partial charge on any atom is 0.295 e. The molecule has 180 valence electrons. The minimum Gasteiger partial charge on any atom is -0.507 e. The third-order valence-corrected chi connectivity index (χ3v) is 5.86. The standard InChI is InChI=1S/C28H28N2O5/c1-17(2)35-23-12-9-20(14-18(23)3)26(31)24-25(21-6-5-13-29-15-21)30(28(33)27(24)32)16-19-7-10-22(34-4)11-8-19/h5-15,17,25,31H,16H2,1-4H3/b26-24-. The number of aliphatic hydroxyl groups excluding tert-OH is 1. The van der Waals surface area contributed by atoms with Gasteiger partial charge in [-0.2, -0.15) is 0 Å². The number of aliphatic hydroxyl groups is 1. The summed E-state index contributed by atoms with van der Waals surface area (Å²) >= 11 is 0. The summed E-state index contributed by atoms with van der Waals surface area (Å²) < 4.78 is 11.0. The zero-order chi connectivity index (χ0) is 25.1. The molecule has 1 aromatic heterocycles. The fourth-order valence-electron chi connectivity index (χ4n) is 4.19. The molecule has 1 aliphatic heterocycles. The molecule has 0 radical (unpaired) electrons. The molecule has 3 aromatic rings. The van der Waals surface area contributed by atoms with E-state index in [-0.39, 0.29) is 24.0 Å². The van der Waals surface area contributed by atoms with Crippen molar-refractivity contribution in [1.82, 2.24) is 9.88 Å². The maximum absolute atomic E-state index is 13.2. The maximum atomic E-state index is 13.2. The van der Waals surface area contributed by atoms with Crippen molar-refractivity contribution in [2.45, 2.75) is 39.5 Å². The summed E-state index contributed by atoms with van der Waals surface area (Å²) in [6, 6.07) is 15.2. The summed E-state index contributed by atoms with van der Waals surface area (Å²) in [5, 5.41) is 11.3. The first kappa shape index (κ1) is 24.0. The molecule has 1 N–H and O–H groups in total. The Kier molecular flexibility index (Phi) is 6.87. The monoisotopic (exact) mass is 472 g/mol. The first-order valence-electron chi connectivity index (χ1n) is 11.4. The summed E-state index contributed by atoms with van der Waals surface area (Å²) in [4.78, 5) is 32.0. The van der Waals surface area contributed by atoms with Gasteiger partial charge in [-0.05, 0) is 73.9 Å². The summed E-state index contributed by atoms with van der Waals surface area (Å²) in [7, 11) is 1.58. The number of carbonyl (C=O) groups excluding carboxylic acids is 2. The van der Waals surface area contributed by atoms with Crippen LogP contribution in [0.25, 0.3) is 5.76 Å². The van der Waals surface area contributed by atoms with Crippen LogP contribution in [-0.4, -0.2) is 39.9 Å². The Morgan fingerprint density at radius 2 is 1.86 bits per heavy atom. The minimum absolute atomic E-state index is 0.00186. The largest absolute Gasteiger partial charge is 0.507 e. The normalized spacial score (nSPS) is 17.2. The molecule has 0 bridgehead atoms. The Labute approximate surface area is 204 Å². The second-order valence-electron chi connectivity index (χ2n) is 8.71. The molecule has 1 fully saturated rings. The number of nitrogens with zero attached hydrogens (tertiary/aromatic N) is 2. The van der Waals surface area contributed by atoms with Crippen molar-refractivity contribution >= 4 is 17.4 Å². The van der Waals surface area contributed by atoms with Gasteiger partial charge in [0, 0.05) is 24.5 Å². The Hall–Kier alpha value is -4.13. The molecule has 7 heteroatoms. The van der Waals surface area contributed by atoms with Gasteiger partial charge in [-0.3, -0.25) is 14.6 Å². The molecular formula is C28H28N2O5. The van der Waals surface area contributed by atoms with Crippen molar-refractivity contribution in [3.8, 4) is 11.5 Å². The number of hydrogen-bond donors (Lipinski definition) is 1. The van der Waals surface area contributed by atoms with Gasteiger partial charge in [0.1, 0.15) is 17.3 Å². The number of hydrogen-bond acceptors (Lipinski definition) is 6. The number of methoxy groups -OCH3 is 1. The van der Waals surface area contributed by atoms with Crippen LogP contribution in [0.4, 0.5) is 0 Å². The number of aryl methyl sites for hydroxylation is 1. The number of aromatic nitrogens is 1. The molecule has 1 saturated heterocycles. The first-order valence-corrected chi connectivity index (χ1v) is 11.4. The lowest BCUT2D eigenvalue weighted by Gasteiger charge is -2.25. The van der Waals surface area contributed by atoms with E-state index in [1.807, 2.05) is 32.9 Å². The number of amides is 1. The number of carbonyl (C=O) groups is 2. The van der Waals surface area contributed by atoms with E-state index in [0.29, 0.717) is 22.6 Å². The van der Waals surface area contributed by atoms with E-state index in [2.05, 4.69) is 4.98 Å². The van der Waals surface area contributed by atoms with Crippen LogP contribution in [0.2, 0.25) is 0 Å². The molecule has 35 heavy (non-hydrogen) atoms. The number of benzene rings is 2. The minimum atomic E-state index is -0.780. The van der Waals surface area contributed by atoms with Crippen molar-refractivity contribution in [2.75, 3.05) is 7.11 Å². The first-order chi connectivity index (χ1) is 16.8. The Balaban J connectivity index is 1.78. The van der Waals surface area contributed by atoms with Crippen LogP contribution in [0.15, 0.2) is 72.6 Å².